The molecule has 7 atom stereocenters. The number of hydrogen-bond acceptors (Lipinski definition) is 25. The van der Waals surface area contributed by atoms with Gasteiger partial charge in [0.2, 0.25) is 12.4 Å². The topological polar surface area (TPSA) is 341 Å². The van der Waals surface area contributed by atoms with Crippen LogP contribution in [0, 0.1) is 0 Å². The van der Waals surface area contributed by atoms with Crippen molar-refractivity contribution in [1.82, 2.24) is 15.1 Å². The van der Waals surface area contributed by atoms with E-state index in [1.807, 2.05) is 54.7 Å². The Kier molecular flexibility index (Phi) is 29.3. The van der Waals surface area contributed by atoms with E-state index in [2.05, 4.69) is 78.4 Å². The number of nitrogens with two attached hydrogens (primary N) is 1. The average Bonchev–Trinajstić information content (AvgIpc) is 1.54. The Morgan fingerprint density at radius 1 is 0.550 bits per heavy atom. The number of ether oxygens (including phenoxy) is 14. The highest BCUT2D eigenvalue weighted by Gasteiger charge is 2.56. The second-order valence-electron chi connectivity index (χ2n) is 29.8. The smallest absolute Gasteiger partial charge is 0.411 e. The van der Waals surface area contributed by atoms with Gasteiger partial charge in [-0.2, -0.15) is 0 Å². The fraction of sp³-hybridized carbons (Fsp3) is 0.475. The Balaban J connectivity index is 1.08. The van der Waals surface area contributed by atoms with E-state index in [0.29, 0.717) is 30.9 Å². The molecule has 4 amide bonds. The summed E-state index contributed by atoms with van der Waals surface area (Å²) in [4.78, 5) is 113. The van der Waals surface area contributed by atoms with Crippen molar-refractivity contribution in [2.75, 3.05) is 93.3 Å². The van der Waals surface area contributed by atoms with Crippen molar-refractivity contribution in [2.45, 2.75) is 167 Å². The quantitative estimate of drug-likeness (QED) is 0.0115. The van der Waals surface area contributed by atoms with Gasteiger partial charge in [0, 0.05) is 71.1 Å². The summed E-state index contributed by atoms with van der Waals surface area (Å²) in [7, 11) is 3.89. The first-order chi connectivity index (χ1) is 52.4. The molecule has 111 heavy (non-hydrogen) atoms. The lowest BCUT2D eigenvalue weighted by Crippen LogP contribution is -2.64. The highest BCUT2D eigenvalue weighted by Crippen LogP contribution is 2.44. The molecule has 1 fully saturated rings. The van der Waals surface area contributed by atoms with Crippen LogP contribution in [0.3, 0.4) is 0 Å². The number of carbonyl (C=O) groups is 8. The number of rotatable bonds is 33. The van der Waals surface area contributed by atoms with Gasteiger partial charge in [0.15, 0.2) is 57.9 Å². The van der Waals surface area contributed by atoms with Crippen LogP contribution in [-0.4, -0.2) is 199 Å². The van der Waals surface area contributed by atoms with Gasteiger partial charge in [-0.15, -0.1) is 0 Å². The summed E-state index contributed by atoms with van der Waals surface area (Å²) >= 11 is 0. The first-order valence-electron chi connectivity index (χ1n) is 36.3. The fourth-order valence-electron chi connectivity index (χ4n) is 11.9. The molecule has 31 heteroatoms. The molecule has 3 aliphatic heterocycles. The zero-order valence-electron chi connectivity index (χ0n) is 66.7. The molecule has 602 valence electrons. The van der Waals surface area contributed by atoms with Crippen molar-refractivity contribution in [1.29, 1.82) is 0 Å². The van der Waals surface area contributed by atoms with Crippen LogP contribution < -0.4 is 49.5 Å². The van der Waals surface area contributed by atoms with Crippen LogP contribution in [-0.2, 0) is 67.8 Å². The van der Waals surface area contributed by atoms with Crippen LogP contribution in [0.25, 0.3) is 11.1 Å². The van der Waals surface area contributed by atoms with Crippen molar-refractivity contribution in [3.8, 4) is 40.2 Å². The van der Waals surface area contributed by atoms with Gasteiger partial charge in [0.1, 0.15) is 23.9 Å². The first kappa shape index (κ1) is 86.4. The van der Waals surface area contributed by atoms with Crippen LogP contribution in [0.4, 0.5) is 16.2 Å². The lowest BCUT2D eigenvalue weighted by molar-refractivity contribution is -0.282. The first-order valence-corrected chi connectivity index (χ1v) is 42.1. The predicted molar refractivity (Wildman–Crippen MR) is 416 cm³/mol. The van der Waals surface area contributed by atoms with Crippen LogP contribution in [0.2, 0.25) is 36.3 Å². The molecule has 29 nitrogen and oxygen atoms in total. The highest BCUT2D eigenvalue weighted by atomic mass is 28.4. The monoisotopic (exact) mass is 1580 g/mol. The molecule has 8 rings (SSSR count). The van der Waals surface area contributed by atoms with Crippen LogP contribution >= 0.6 is 0 Å². The zero-order valence-corrected chi connectivity index (χ0v) is 68.7. The summed E-state index contributed by atoms with van der Waals surface area (Å²) < 4.78 is 93.5. The Hall–Kier alpha value is -10.2. The van der Waals surface area contributed by atoms with E-state index < -0.39 is 102 Å². The number of carbonyl (C=O) groups excluding carboxylic acids is 8. The summed E-state index contributed by atoms with van der Waals surface area (Å²) in [5.41, 5.74) is 10.6. The van der Waals surface area contributed by atoms with E-state index in [1.165, 1.54) is 51.7 Å². The normalized spacial score (nSPS) is 18.5. The maximum atomic E-state index is 15.6. The second kappa shape index (κ2) is 37.7. The predicted octanol–water partition coefficient (Wildman–Crippen LogP) is 11.9. The lowest BCUT2D eigenvalue weighted by Gasteiger charge is -2.43. The molecule has 3 aliphatic rings. The molecular formula is C80H105N5O24Si2. The summed E-state index contributed by atoms with van der Waals surface area (Å²) in [5.74, 6) is -3.62. The average molecular weight is 1580 g/mol. The number of nitrogens with one attached hydrogen (secondary N) is 2. The van der Waals surface area contributed by atoms with Crippen LogP contribution in [0.5, 0.6) is 40.2 Å². The molecular weight excluding hydrogens is 1470 g/mol. The number of amides is 4. The van der Waals surface area contributed by atoms with E-state index in [9.17, 15) is 33.6 Å². The van der Waals surface area contributed by atoms with Crippen molar-refractivity contribution < 1.29 is 114 Å². The summed E-state index contributed by atoms with van der Waals surface area (Å²) in [6.07, 6.45) is -5.05. The van der Waals surface area contributed by atoms with Gasteiger partial charge >= 0.3 is 30.0 Å². The molecule has 5 aromatic carbocycles. The minimum Gasteiger partial charge on any atom is -0.497 e. The molecule has 0 spiro atoms. The molecule has 0 aromatic heterocycles. The third-order valence-electron chi connectivity index (χ3n) is 20.0. The molecule has 0 aliphatic carbocycles. The minimum atomic E-state index is -2.40. The number of anilines is 2. The highest BCUT2D eigenvalue weighted by molar-refractivity contribution is 6.74. The Morgan fingerprint density at radius 2 is 1.04 bits per heavy atom. The molecule has 1 saturated heterocycles. The van der Waals surface area contributed by atoms with E-state index in [4.69, 9.17) is 80.9 Å². The number of benzene rings is 5. The van der Waals surface area contributed by atoms with Gasteiger partial charge < -0.3 is 96.0 Å². The van der Waals surface area contributed by atoms with Crippen molar-refractivity contribution in [2.24, 2.45) is 0 Å². The van der Waals surface area contributed by atoms with Crippen LogP contribution in [0.15, 0.2) is 103 Å². The maximum Gasteiger partial charge on any atom is 0.411 e. The standard InChI is InChI=1S/C80H105N5O24Si2/c1-47(86)105-69-70(106-48(2)87)72(107-49(3)88)77(109-71(69)76(92)99-15)108-64-30-21-50(35-61(64)73(89)82-31-34-94-10)44-102-78(93)83-63-41-68(66(98-14)39-60(63)75(91)85-43-54(52-24-28-58(96-12)29-25-52)37-56(85)46-104-111(18,19)80(7,8)9)101-33-20-32-100-67-40-62(81)59(38-65(67)97-13)74(90)84-42-53(51-22-26-57(95-11)27-23-51)36-55(84)45-103-110(16,17)79(4,5)6/h21-30,35,38-43,55-56,69-72,77H,20,31-34,36-37,44-46,81H2,1-19H3,(H,82,89)(H,83,93)/t55-,56-,69-,70-,71-,72+,77+/m0/s1. The summed E-state index contributed by atoms with van der Waals surface area (Å²) in [6.45, 7) is 24.7. The molecule has 0 bridgehead atoms. The largest absolute Gasteiger partial charge is 0.497 e. The van der Waals surface area contributed by atoms with Gasteiger partial charge in [-0.1, -0.05) is 71.9 Å². The van der Waals surface area contributed by atoms with Gasteiger partial charge in [0.25, 0.3) is 17.7 Å². The Morgan fingerprint density at radius 3 is 1.51 bits per heavy atom. The van der Waals surface area contributed by atoms with E-state index in [0.717, 1.165) is 50.2 Å². The Bertz CT molecular complexity index is 4230. The molecule has 4 N–H and O–H groups in total. The zero-order chi connectivity index (χ0) is 81.4. The Labute approximate surface area is 650 Å². The lowest BCUT2D eigenvalue weighted by atomic mass is 9.97. The molecule has 5 aromatic rings. The minimum absolute atomic E-state index is 0.00316. The third-order valence-corrected chi connectivity index (χ3v) is 29.0. The number of methoxy groups -OCH3 is 6. The van der Waals surface area contributed by atoms with E-state index in [-0.39, 0.29) is 124 Å². The van der Waals surface area contributed by atoms with Crippen LogP contribution in [0.1, 0.15) is 129 Å². The maximum absolute atomic E-state index is 15.6. The van der Waals surface area contributed by atoms with Gasteiger partial charge in [-0.3, -0.25) is 34.1 Å². The molecule has 0 radical (unpaired) electrons. The van der Waals surface area contributed by atoms with Crippen molar-refractivity contribution in [3.05, 3.63) is 137 Å². The van der Waals surface area contributed by atoms with Gasteiger partial charge in [-0.25, -0.2) is 9.59 Å². The number of nitrogens with zero attached hydrogens (tertiary/aromatic N) is 2. The second-order valence-corrected chi connectivity index (χ2v) is 39.4. The van der Waals surface area contributed by atoms with Crippen molar-refractivity contribution >= 4 is 86.8 Å². The number of nitrogen functional groups attached to an aromatic ring is 1. The van der Waals surface area contributed by atoms with Gasteiger partial charge in [0.05, 0.1) is 103 Å². The molecule has 0 unspecified atom stereocenters. The number of hydrogen-bond donors (Lipinski definition) is 3. The van der Waals surface area contributed by atoms with E-state index in [1.54, 1.807) is 42.4 Å². The van der Waals surface area contributed by atoms with Crippen molar-refractivity contribution in [3.63, 3.8) is 0 Å². The molecule has 0 saturated carbocycles. The SMILES string of the molecule is COCCNC(=O)c1cc(COC(=O)Nc2cc(OCCCOc3cc(N)c(C(=O)N4C=C(c5ccc(OC)cc5)C[C@H]4CO[Si](C)(C)C(C)(C)C)cc3OC)c(OC)cc2C(=O)N2C=C(c3ccc(OC)cc3)C[C@H]2CO[Si](C)(C)C(C)(C)C)ccc1O[C@@H]1O[C@H](C(=O)OC)[C@@H](OC(C)=O)[C@H](OC(C)=O)[C@H]1OC(C)=O. The third kappa shape index (κ3) is 21.9. The summed E-state index contributed by atoms with van der Waals surface area (Å²) in [6, 6.07) is 24.4. The summed E-state index contributed by atoms with van der Waals surface area (Å²) in [5, 5.41) is 5.23. The number of esters is 4. The molecule has 3 heterocycles. The van der Waals surface area contributed by atoms with Gasteiger partial charge in [-0.05, 0) is 125 Å². The fourth-order valence-corrected chi connectivity index (χ4v) is 14.0. The van der Waals surface area contributed by atoms with E-state index >= 15 is 4.79 Å².